The molecule has 11 aromatic carbocycles. The van der Waals surface area contributed by atoms with E-state index >= 15 is 0 Å². The number of hydrogen-bond donors (Lipinski definition) is 2. The average Bonchev–Trinajstić information content (AvgIpc) is 1.91. The van der Waals surface area contributed by atoms with Crippen molar-refractivity contribution in [3.8, 4) is 96.0 Å². The van der Waals surface area contributed by atoms with Crippen molar-refractivity contribution in [3.63, 3.8) is 0 Å². The van der Waals surface area contributed by atoms with Gasteiger partial charge in [-0.25, -0.2) is 15.8 Å². The van der Waals surface area contributed by atoms with Gasteiger partial charge in [-0.05, 0) is 111 Å². The van der Waals surface area contributed by atoms with Crippen LogP contribution in [0.5, 0.6) is 0 Å². The molecule has 0 amide bonds. The first-order chi connectivity index (χ1) is 43.9. The van der Waals surface area contributed by atoms with E-state index in [1.54, 1.807) is 5.01 Å². The summed E-state index contributed by atoms with van der Waals surface area (Å²) in [4.78, 5) is 29.1. The predicted octanol–water partition coefficient (Wildman–Crippen LogP) is 20.5. The summed E-state index contributed by atoms with van der Waals surface area (Å²) in [6.45, 7) is 12.0. The van der Waals surface area contributed by atoms with Gasteiger partial charge < -0.3 is 5.73 Å². The molecule has 0 unspecified atom stereocenters. The Labute approximate surface area is 526 Å². The number of hydrazine groups is 1. The monoisotopic (exact) mass is 1180 g/mol. The molecule has 0 radical (unpaired) electrons. The van der Waals surface area contributed by atoms with Crippen LogP contribution in [0.3, 0.4) is 0 Å². The molecule has 14 aromatic rings. The molecule has 0 saturated carbocycles. The number of benzene rings is 11. The van der Waals surface area contributed by atoms with E-state index in [9.17, 15) is 0 Å². The zero-order valence-corrected chi connectivity index (χ0v) is 51.5. The van der Waals surface area contributed by atoms with Crippen LogP contribution in [0.15, 0.2) is 285 Å². The van der Waals surface area contributed by atoms with Gasteiger partial charge in [0.25, 0.3) is 0 Å². The Bertz CT molecular complexity index is 4400. The van der Waals surface area contributed by atoms with Crippen molar-refractivity contribution in [1.82, 2.24) is 34.5 Å². The molecule has 0 bridgehead atoms. The van der Waals surface area contributed by atoms with E-state index in [1.165, 1.54) is 0 Å². The Morgan fingerprint density at radius 2 is 0.629 bits per heavy atom. The van der Waals surface area contributed by atoms with E-state index < -0.39 is 0 Å². The van der Waals surface area contributed by atoms with E-state index in [-0.39, 0.29) is 5.28 Å². The van der Waals surface area contributed by atoms with Gasteiger partial charge in [0.15, 0.2) is 23.3 Å². The normalized spacial score (nSPS) is 10.5. The molecule has 0 aliphatic heterocycles. The lowest BCUT2D eigenvalue weighted by molar-refractivity contribution is 0.950. The summed E-state index contributed by atoms with van der Waals surface area (Å²) >= 11 is 6.30. The van der Waals surface area contributed by atoms with E-state index in [0.29, 0.717) is 40.6 Å². The molecule has 10 nitrogen and oxygen atoms in total. The van der Waals surface area contributed by atoms with Crippen LogP contribution < -0.4 is 16.6 Å². The molecule has 0 spiro atoms. The van der Waals surface area contributed by atoms with Gasteiger partial charge in [0, 0.05) is 33.0 Å². The van der Waals surface area contributed by atoms with Crippen molar-refractivity contribution >= 4 is 50.5 Å². The number of nitrogens with two attached hydrogens (primary N) is 2. The minimum atomic E-state index is 0.176. The van der Waals surface area contributed by atoms with E-state index in [2.05, 4.69) is 124 Å². The highest BCUT2D eigenvalue weighted by Gasteiger charge is 2.24. The Hall–Kier alpha value is -10.9. The Morgan fingerprint density at radius 1 is 0.315 bits per heavy atom. The maximum atomic E-state index is 6.92. The number of nitrogens with zero attached hydrogens (tertiary/aromatic N) is 8. The van der Waals surface area contributed by atoms with Crippen molar-refractivity contribution in [2.45, 2.75) is 41.5 Å². The summed E-state index contributed by atoms with van der Waals surface area (Å²) in [6, 6.07) is 96.0. The Kier molecular flexibility index (Phi) is 20.3. The van der Waals surface area contributed by atoms with Gasteiger partial charge in [-0.3, -0.25) is 9.58 Å². The van der Waals surface area contributed by atoms with Gasteiger partial charge >= 0.3 is 0 Å². The zero-order chi connectivity index (χ0) is 62.1. The molecular weight excluding hydrogens is 1110 g/mol. The van der Waals surface area contributed by atoms with Crippen molar-refractivity contribution < 1.29 is 0 Å². The highest BCUT2D eigenvalue weighted by atomic mass is 35.5. The minimum Gasteiger partial charge on any atom is -0.397 e. The zero-order valence-electron chi connectivity index (χ0n) is 50.7. The fraction of sp³-hybridized carbons (Fsp3) is 0.0769. The van der Waals surface area contributed by atoms with E-state index in [0.717, 1.165) is 94.3 Å². The summed E-state index contributed by atoms with van der Waals surface area (Å²) < 4.78 is 2.07. The molecular formula is C78H69ClN10. The molecule has 11 heteroatoms. The van der Waals surface area contributed by atoms with Crippen LogP contribution in [0, 0.1) is 0 Å². The molecule has 3 aromatic heterocycles. The van der Waals surface area contributed by atoms with Crippen molar-refractivity contribution in [2.75, 3.05) is 10.7 Å². The molecule has 0 saturated heterocycles. The second-order valence-electron chi connectivity index (χ2n) is 19.8. The molecule has 3 heterocycles. The summed E-state index contributed by atoms with van der Waals surface area (Å²) in [5.41, 5.74) is 22.9. The fourth-order valence-electron chi connectivity index (χ4n) is 10.4. The molecule has 0 fully saturated rings. The Morgan fingerprint density at radius 3 is 1.01 bits per heavy atom. The highest BCUT2D eigenvalue weighted by molar-refractivity contribution is 6.28. The van der Waals surface area contributed by atoms with Crippen LogP contribution in [0.1, 0.15) is 41.5 Å². The molecule has 89 heavy (non-hydrogen) atoms. The van der Waals surface area contributed by atoms with Gasteiger partial charge in [0.1, 0.15) is 5.69 Å². The molecule has 438 valence electrons. The molecule has 0 aliphatic rings. The van der Waals surface area contributed by atoms with Crippen molar-refractivity contribution in [3.05, 3.63) is 290 Å². The number of rotatable bonds is 11. The van der Waals surface area contributed by atoms with Crippen LogP contribution in [0.2, 0.25) is 5.28 Å². The number of hydrogen-bond acceptors (Lipinski definition) is 9. The summed E-state index contributed by atoms with van der Waals surface area (Å²) in [5.74, 6) is 9.58. The van der Waals surface area contributed by atoms with Crippen LogP contribution >= 0.6 is 11.6 Å². The standard InChI is InChI=1S/C45H33N7.C27H18ClN3.3C2H6/c46-39-27-26-38-37-24-10-11-25-40(37)51(41(38)42(39)52(47)36-22-8-3-9-23-36)45-49-43(34-20-12-18-32(28-34)30-14-4-1-5-15-30)48-44(50-45)35-21-13-19-33(29-35)31-16-6-2-7-17-31;28-27-30-25(23-15-7-13-21(17-23)19-9-3-1-4-10-19)29-26(31-27)24-16-8-14-22(18-24)20-11-5-2-6-12-20;3*1-2/h1-29H,46-47H2;1-18H;3*1-2H3. The second-order valence-corrected chi connectivity index (χ2v) is 20.1. The number of fused-ring (bicyclic) bond motifs is 3. The van der Waals surface area contributed by atoms with E-state index in [4.69, 9.17) is 43.1 Å². The van der Waals surface area contributed by atoms with Crippen LogP contribution in [-0.2, 0) is 0 Å². The van der Waals surface area contributed by atoms with Crippen molar-refractivity contribution in [2.24, 2.45) is 5.84 Å². The van der Waals surface area contributed by atoms with Gasteiger partial charge in [0.2, 0.25) is 11.2 Å². The quantitative estimate of drug-likeness (QED) is 0.0736. The fourth-order valence-corrected chi connectivity index (χ4v) is 10.6. The van der Waals surface area contributed by atoms with Gasteiger partial charge in [0.05, 0.1) is 22.4 Å². The lowest BCUT2D eigenvalue weighted by atomic mass is 10.0. The van der Waals surface area contributed by atoms with Gasteiger partial charge in [-0.2, -0.15) is 19.9 Å². The van der Waals surface area contributed by atoms with Crippen LogP contribution in [0.4, 0.5) is 17.1 Å². The van der Waals surface area contributed by atoms with Crippen LogP contribution in [0.25, 0.3) is 118 Å². The maximum Gasteiger partial charge on any atom is 0.238 e. The second kappa shape index (κ2) is 29.5. The summed E-state index contributed by atoms with van der Waals surface area (Å²) in [5, 5.41) is 3.82. The molecule has 0 aliphatic carbocycles. The van der Waals surface area contributed by atoms with Crippen LogP contribution in [-0.4, -0.2) is 34.5 Å². The Balaban J connectivity index is 0.000000201. The third-order valence-electron chi connectivity index (χ3n) is 14.5. The third-order valence-corrected chi connectivity index (χ3v) is 14.6. The largest absolute Gasteiger partial charge is 0.397 e. The summed E-state index contributed by atoms with van der Waals surface area (Å²) in [6.07, 6.45) is 0. The maximum absolute atomic E-state index is 6.92. The molecule has 4 N–H and O–H groups in total. The topological polar surface area (TPSA) is 138 Å². The number of para-hydroxylation sites is 2. The number of nitrogen functional groups attached to an aromatic ring is 1. The predicted molar refractivity (Wildman–Crippen MR) is 374 cm³/mol. The molecule has 14 rings (SSSR count). The average molecular weight is 1180 g/mol. The van der Waals surface area contributed by atoms with Gasteiger partial charge in [-0.15, -0.1) is 0 Å². The lowest BCUT2D eigenvalue weighted by Gasteiger charge is -2.23. The molecule has 0 atom stereocenters. The van der Waals surface area contributed by atoms with E-state index in [1.807, 2.05) is 217 Å². The third kappa shape index (κ3) is 13.9. The highest BCUT2D eigenvalue weighted by Crippen LogP contribution is 2.42. The summed E-state index contributed by atoms with van der Waals surface area (Å²) in [7, 11) is 0. The number of halogens is 1. The number of anilines is 3. The first kappa shape index (κ1) is 61.2. The van der Waals surface area contributed by atoms with Gasteiger partial charge in [-0.1, -0.05) is 272 Å². The first-order valence-electron chi connectivity index (χ1n) is 30.1. The smallest absolute Gasteiger partial charge is 0.238 e. The van der Waals surface area contributed by atoms with Crippen molar-refractivity contribution in [1.29, 1.82) is 0 Å². The number of aromatic nitrogens is 7. The lowest BCUT2D eigenvalue weighted by Crippen LogP contribution is -2.26. The first-order valence-corrected chi connectivity index (χ1v) is 30.5. The minimum absolute atomic E-state index is 0.176. The SMILES string of the molecule is CC.CC.CC.Clc1nc(-c2cccc(-c3ccccc3)c2)nc(-c2cccc(-c3ccccc3)c2)n1.Nc1ccc2c3ccccc3n(-c3nc(-c4cccc(-c5ccccc5)c4)nc(-c4cccc(-c5ccccc5)c4)n3)c2c1N(N)c1ccccc1.